The molecule has 0 aromatic heterocycles. The Balaban J connectivity index is 1.61. The maximum absolute atomic E-state index is 13.4. The molecule has 29 heavy (non-hydrogen) atoms. The quantitative estimate of drug-likeness (QED) is 0.783. The summed E-state index contributed by atoms with van der Waals surface area (Å²) in [6.07, 6.45) is 3.82. The van der Waals surface area contributed by atoms with Gasteiger partial charge in [-0.1, -0.05) is 0 Å². The highest BCUT2D eigenvalue weighted by molar-refractivity contribution is 5.94. The molecule has 2 amide bonds. The molecule has 0 radical (unpaired) electrons. The summed E-state index contributed by atoms with van der Waals surface area (Å²) < 4.78 is 31.9. The standard InChI is InChI=1S/C21H29F2N3O3/c1-15(27)25-9-2-3-18(14-25)26(17-6-11-29-12-7-17)10-8-24-21(28)16-4-5-19(22)20(23)13-16/h4-5,13,17-18H,2-3,6-12,14H2,1H3,(H,24,28). The molecule has 0 aliphatic carbocycles. The largest absolute Gasteiger partial charge is 0.381 e. The van der Waals surface area contributed by atoms with E-state index < -0.39 is 17.5 Å². The van der Waals surface area contributed by atoms with Crippen LogP contribution in [-0.4, -0.2) is 73.1 Å². The number of ether oxygens (including phenoxy) is 1. The van der Waals surface area contributed by atoms with Crippen LogP contribution in [0.15, 0.2) is 18.2 Å². The van der Waals surface area contributed by atoms with Gasteiger partial charge in [-0.05, 0) is 43.9 Å². The van der Waals surface area contributed by atoms with E-state index in [-0.39, 0.29) is 17.5 Å². The van der Waals surface area contributed by atoms with E-state index in [0.29, 0.717) is 38.9 Å². The second kappa shape index (κ2) is 10.1. The van der Waals surface area contributed by atoms with Crippen molar-refractivity contribution in [2.24, 2.45) is 0 Å². The predicted octanol–water partition coefficient (Wildman–Crippen LogP) is 2.19. The molecule has 1 aromatic rings. The summed E-state index contributed by atoms with van der Waals surface area (Å²) in [5.41, 5.74) is 0.0990. The summed E-state index contributed by atoms with van der Waals surface area (Å²) in [4.78, 5) is 28.4. The van der Waals surface area contributed by atoms with Gasteiger partial charge in [0.15, 0.2) is 11.6 Å². The van der Waals surface area contributed by atoms with Gasteiger partial charge in [0.1, 0.15) is 0 Å². The lowest BCUT2D eigenvalue weighted by Crippen LogP contribution is -2.55. The van der Waals surface area contributed by atoms with E-state index >= 15 is 0 Å². The van der Waals surface area contributed by atoms with E-state index in [1.165, 1.54) is 6.07 Å². The van der Waals surface area contributed by atoms with Gasteiger partial charge in [-0.15, -0.1) is 0 Å². The van der Waals surface area contributed by atoms with Crippen LogP contribution in [0.4, 0.5) is 8.78 Å². The molecule has 1 aromatic carbocycles. The summed E-state index contributed by atoms with van der Waals surface area (Å²) in [6, 6.07) is 3.73. The third-order valence-corrected chi connectivity index (χ3v) is 5.81. The number of carbonyl (C=O) groups excluding carboxylic acids is 2. The fourth-order valence-electron chi connectivity index (χ4n) is 4.23. The first-order chi connectivity index (χ1) is 14.0. The topological polar surface area (TPSA) is 61.9 Å². The number of halogens is 2. The Morgan fingerprint density at radius 3 is 2.62 bits per heavy atom. The third kappa shape index (κ3) is 5.73. The molecule has 3 rings (SSSR count). The smallest absolute Gasteiger partial charge is 0.251 e. The van der Waals surface area contributed by atoms with E-state index in [0.717, 1.165) is 44.4 Å². The van der Waals surface area contributed by atoms with Gasteiger partial charge in [-0.3, -0.25) is 14.5 Å². The second-order valence-electron chi connectivity index (χ2n) is 7.73. The highest BCUT2D eigenvalue weighted by atomic mass is 19.2. The van der Waals surface area contributed by atoms with Gasteiger partial charge in [0.25, 0.3) is 5.91 Å². The maximum Gasteiger partial charge on any atom is 0.251 e. The van der Waals surface area contributed by atoms with Gasteiger partial charge in [-0.2, -0.15) is 0 Å². The number of likely N-dealkylation sites (tertiary alicyclic amines) is 1. The van der Waals surface area contributed by atoms with Gasteiger partial charge >= 0.3 is 0 Å². The number of nitrogens with one attached hydrogen (secondary N) is 1. The van der Waals surface area contributed by atoms with Crippen molar-refractivity contribution in [2.45, 2.75) is 44.7 Å². The monoisotopic (exact) mass is 409 g/mol. The first kappa shape index (κ1) is 21.6. The van der Waals surface area contributed by atoms with Crippen LogP contribution in [0.1, 0.15) is 43.0 Å². The van der Waals surface area contributed by atoms with Crippen LogP contribution >= 0.6 is 0 Å². The average molecular weight is 409 g/mol. The summed E-state index contributed by atoms with van der Waals surface area (Å²) in [5.74, 6) is -2.34. The molecule has 1 unspecified atom stereocenters. The van der Waals surface area contributed by atoms with Crippen LogP contribution in [0.25, 0.3) is 0 Å². The maximum atomic E-state index is 13.4. The molecule has 0 saturated carbocycles. The zero-order valence-corrected chi connectivity index (χ0v) is 16.8. The lowest BCUT2D eigenvalue weighted by Gasteiger charge is -2.44. The van der Waals surface area contributed by atoms with Crippen molar-refractivity contribution in [1.29, 1.82) is 0 Å². The minimum absolute atomic E-state index is 0.0910. The second-order valence-corrected chi connectivity index (χ2v) is 7.73. The lowest BCUT2D eigenvalue weighted by atomic mass is 9.98. The van der Waals surface area contributed by atoms with Gasteiger partial charge < -0.3 is 15.0 Å². The van der Waals surface area contributed by atoms with E-state index in [4.69, 9.17) is 4.74 Å². The molecule has 6 nitrogen and oxygen atoms in total. The lowest BCUT2D eigenvalue weighted by molar-refractivity contribution is -0.131. The molecule has 1 atom stereocenters. The number of benzene rings is 1. The van der Waals surface area contributed by atoms with Crippen molar-refractivity contribution in [3.8, 4) is 0 Å². The Labute approximate surface area is 170 Å². The van der Waals surface area contributed by atoms with E-state index in [1.807, 2.05) is 4.90 Å². The first-order valence-corrected chi connectivity index (χ1v) is 10.3. The van der Waals surface area contributed by atoms with Gasteiger partial charge in [0.05, 0.1) is 0 Å². The number of carbonyl (C=O) groups is 2. The third-order valence-electron chi connectivity index (χ3n) is 5.81. The van der Waals surface area contributed by atoms with Crippen LogP contribution in [-0.2, 0) is 9.53 Å². The van der Waals surface area contributed by atoms with Crippen LogP contribution in [0.2, 0.25) is 0 Å². The molecule has 2 heterocycles. The Morgan fingerprint density at radius 1 is 1.17 bits per heavy atom. The van der Waals surface area contributed by atoms with Gasteiger partial charge in [0, 0.05) is 64.0 Å². The minimum atomic E-state index is -1.03. The number of nitrogens with zero attached hydrogens (tertiary/aromatic N) is 2. The molecule has 160 valence electrons. The van der Waals surface area contributed by atoms with Crippen molar-refractivity contribution in [1.82, 2.24) is 15.1 Å². The molecular formula is C21H29F2N3O3. The van der Waals surface area contributed by atoms with Crippen molar-refractivity contribution in [2.75, 3.05) is 39.4 Å². The zero-order chi connectivity index (χ0) is 20.8. The molecule has 2 aliphatic rings. The summed E-state index contributed by atoms with van der Waals surface area (Å²) in [7, 11) is 0. The highest BCUT2D eigenvalue weighted by Gasteiger charge is 2.31. The van der Waals surface area contributed by atoms with Gasteiger partial charge in [0.2, 0.25) is 5.91 Å². The van der Waals surface area contributed by atoms with Gasteiger partial charge in [-0.25, -0.2) is 8.78 Å². The van der Waals surface area contributed by atoms with Crippen molar-refractivity contribution in [3.63, 3.8) is 0 Å². The van der Waals surface area contributed by atoms with Crippen LogP contribution in [0.3, 0.4) is 0 Å². The Morgan fingerprint density at radius 2 is 1.93 bits per heavy atom. The molecule has 1 N–H and O–H groups in total. The van der Waals surface area contributed by atoms with Crippen molar-refractivity contribution >= 4 is 11.8 Å². The Bertz CT molecular complexity index is 725. The minimum Gasteiger partial charge on any atom is -0.381 e. The van der Waals surface area contributed by atoms with E-state index in [1.54, 1.807) is 6.92 Å². The number of hydrogen-bond donors (Lipinski definition) is 1. The highest BCUT2D eigenvalue weighted by Crippen LogP contribution is 2.23. The fraction of sp³-hybridized carbons (Fsp3) is 0.619. The van der Waals surface area contributed by atoms with Crippen LogP contribution < -0.4 is 5.32 Å². The SMILES string of the molecule is CC(=O)N1CCCC(N(CCNC(=O)c2ccc(F)c(F)c2)C2CCOCC2)C1. The molecule has 8 heteroatoms. The van der Waals surface area contributed by atoms with Crippen molar-refractivity contribution in [3.05, 3.63) is 35.4 Å². The Hall–Kier alpha value is -2.06. The zero-order valence-electron chi connectivity index (χ0n) is 16.8. The molecule has 0 bridgehead atoms. The number of rotatable bonds is 6. The predicted molar refractivity (Wildman–Crippen MR) is 105 cm³/mol. The molecule has 2 saturated heterocycles. The van der Waals surface area contributed by atoms with Crippen LogP contribution in [0, 0.1) is 11.6 Å². The molecule has 2 fully saturated rings. The number of hydrogen-bond acceptors (Lipinski definition) is 4. The van der Waals surface area contributed by atoms with Crippen LogP contribution in [0.5, 0.6) is 0 Å². The number of amides is 2. The fourth-order valence-corrected chi connectivity index (χ4v) is 4.23. The Kier molecular flexibility index (Phi) is 7.55. The molecular weight excluding hydrogens is 380 g/mol. The summed E-state index contributed by atoms with van der Waals surface area (Å²) in [6.45, 7) is 5.55. The number of piperidine rings is 1. The van der Waals surface area contributed by atoms with E-state index in [9.17, 15) is 18.4 Å². The normalized spacial score (nSPS) is 20.7. The molecule has 2 aliphatic heterocycles. The van der Waals surface area contributed by atoms with E-state index in [2.05, 4.69) is 10.2 Å². The van der Waals surface area contributed by atoms with Crippen molar-refractivity contribution < 1.29 is 23.1 Å². The first-order valence-electron chi connectivity index (χ1n) is 10.3. The molecule has 0 spiro atoms. The summed E-state index contributed by atoms with van der Waals surface area (Å²) >= 11 is 0. The summed E-state index contributed by atoms with van der Waals surface area (Å²) in [5, 5.41) is 2.81. The average Bonchev–Trinajstić information content (AvgIpc) is 2.73.